The predicted molar refractivity (Wildman–Crippen MR) is 57.4 cm³/mol. The van der Waals surface area contributed by atoms with Crippen LogP contribution >= 0.6 is 0 Å². The van der Waals surface area contributed by atoms with Crippen LogP contribution in [0.25, 0.3) is 0 Å². The molecule has 0 bridgehead atoms. The number of hydrogen-bond acceptors (Lipinski definition) is 0. The van der Waals surface area contributed by atoms with E-state index < -0.39 is 0 Å². The molecule has 0 radical (unpaired) electrons. The Morgan fingerprint density at radius 1 is 1.15 bits per heavy atom. The predicted octanol–water partition coefficient (Wildman–Crippen LogP) is 2.62. The summed E-state index contributed by atoms with van der Waals surface area (Å²) in [6.07, 6.45) is 2.01. The molecule has 0 aliphatic rings. The minimum absolute atomic E-state index is 0.376. The van der Waals surface area contributed by atoms with E-state index in [1.807, 2.05) is 12.1 Å². The zero-order valence-electron chi connectivity index (χ0n) is 8.70. The maximum atomic E-state index is 3.89. The van der Waals surface area contributed by atoms with E-state index in [-0.39, 0.29) is 0 Å². The number of rotatable bonds is 3. The normalized spacial score (nSPS) is 13.8. The Morgan fingerprint density at radius 2 is 1.69 bits per heavy atom. The van der Waals surface area contributed by atoms with E-state index in [9.17, 15) is 0 Å². The summed E-state index contributed by atoms with van der Waals surface area (Å²) in [6, 6.07) is 10.9. The van der Waals surface area contributed by atoms with Crippen molar-refractivity contribution in [2.45, 2.75) is 6.04 Å². The summed E-state index contributed by atoms with van der Waals surface area (Å²) < 4.78 is 0.882. The smallest absolute Gasteiger partial charge is 0.133 e. The first-order chi connectivity index (χ1) is 6.05. The van der Waals surface area contributed by atoms with Crippen molar-refractivity contribution in [3.8, 4) is 0 Å². The van der Waals surface area contributed by atoms with Crippen molar-refractivity contribution in [3.63, 3.8) is 0 Å². The van der Waals surface area contributed by atoms with E-state index in [0.29, 0.717) is 6.04 Å². The van der Waals surface area contributed by atoms with Gasteiger partial charge < -0.3 is 4.48 Å². The van der Waals surface area contributed by atoms with Gasteiger partial charge in [-0.1, -0.05) is 36.9 Å². The third kappa shape index (κ3) is 2.43. The van der Waals surface area contributed by atoms with Gasteiger partial charge in [-0.3, -0.25) is 0 Å². The molecule has 1 nitrogen and oxygen atoms in total. The molecular weight excluding hydrogens is 158 g/mol. The van der Waals surface area contributed by atoms with Crippen molar-refractivity contribution in [3.05, 3.63) is 48.6 Å². The Balaban J connectivity index is 2.99. The lowest BCUT2D eigenvalue weighted by molar-refractivity contribution is -0.895. The highest BCUT2D eigenvalue weighted by Gasteiger charge is 2.21. The van der Waals surface area contributed by atoms with Gasteiger partial charge in [0, 0.05) is 5.56 Å². The molecule has 0 fully saturated rings. The fraction of sp³-hybridized carbons (Fsp3) is 0.333. The lowest BCUT2D eigenvalue weighted by Gasteiger charge is -2.32. The van der Waals surface area contributed by atoms with Gasteiger partial charge in [0.1, 0.15) is 6.04 Å². The zero-order chi connectivity index (χ0) is 9.90. The molecule has 1 unspecified atom stereocenters. The molecule has 70 valence electrons. The first kappa shape index (κ1) is 10.0. The Bertz CT molecular complexity index is 269. The second-order valence-corrected chi connectivity index (χ2v) is 4.21. The van der Waals surface area contributed by atoms with Crippen LogP contribution in [0.4, 0.5) is 0 Å². The van der Waals surface area contributed by atoms with Gasteiger partial charge in [0.25, 0.3) is 0 Å². The van der Waals surface area contributed by atoms with Crippen molar-refractivity contribution < 1.29 is 4.48 Å². The Morgan fingerprint density at radius 3 is 2.08 bits per heavy atom. The van der Waals surface area contributed by atoms with Gasteiger partial charge in [-0.15, -0.1) is 0 Å². The van der Waals surface area contributed by atoms with Crippen LogP contribution in [0.5, 0.6) is 0 Å². The molecule has 0 aliphatic heterocycles. The molecule has 0 amide bonds. The van der Waals surface area contributed by atoms with Crippen LogP contribution in [0.2, 0.25) is 0 Å². The summed E-state index contributed by atoms with van der Waals surface area (Å²) in [6.45, 7) is 3.89. The molecule has 0 N–H and O–H groups in total. The van der Waals surface area contributed by atoms with Crippen LogP contribution < -0.4 is 0 Å². The summed E-state index contributed by atoms with van der Waals surface area (Å²) in [5, 5.41) is 0. The highest BCUT2D eigenvalue weighted by atomic mass is 15.3. The molecule has 1 heteroatoms. The Labute approximate surface area is 80.9 Å². The lowest BCUT2D eigenvalue weighted by atomic mass is 10.1. The maximum Gasteiger partial charge on any atom is 0.133 e. The van der Waals surface area contributed by atoms with Gasteiger partial charge >= 0.3 is 0 Å². The second kappa shape index (κ2) is 3.75. The number of benzene rings is 1. The summed E-state index contributed by atoms with van der Waals surface area (Å²) in [5.74, 6) is 0. The summed E-state index contributed by atoms with van der Waals surface area (Å²) >= 11 is 0. The van der Waals surface area contributed by atoms with Crippen LogP contribution in [-0.4, -0.2) is 25.6 Å². The Hall–Kier alpha value is -1.08. The van der Waals surface area contributed by atoms with E-state index in [4.69, 9.17) is 0 Å². The van der Waals surface area contributed by atoms with Crippen molar-refractivity contribution >= 4 is 0 Å². The third-order valence-corrected chi connectivity index (χ3v) is 2.20. The van der Waals surface area contributed by atoms with Gasteiger partial charge in [-0.2, -0.15) is 0 Å². The highest BCUT2D eigenvalue weighted by Crippen LogP contribution is 2.23. The minimum Gasteiger partial charge on any atom is -0.321 e. The number of hydrogen-bond donors (Lipinski definition) is 0. The van der Waals surface area contributed by atoms with Gasteiger partial charge in [-0.05, 0) is 6.08 Å². The molecule has 0 aliphatic carbocycles. The zero-order valence-corrected chi connectivity index (χ0v) is 8.70. The van der Waals surface area contributed by atoms with Crippen LogP contribution in [0.15, 0.2) is 43.0 Å². The molecule has 0 spiro atoms. The molecule has 1 aromatic rings. The first-order valence-electron chi connectivity index (χ1n) is 4.54. The van der Waals surface area contributed by atoms with Crippen molar-refractivity contribution in [1.29, 1.82) is 0 Å². The van der Waals surface area contributed by atoms with Crippen LogP contribution in [0, 0.1) is 0 Å². The monoisotopic (exact) mass is 176 g/mol. The minimum atomic E-state index is 0.376. The summed E-state index contributed by atoms with van der Waals surface area (Å²) in [7, 11) is 6.54. The van der Waals surface area contributed by atoms with E-state index in [2.05, 4.69) is 52.0 Å². The molecule has 0 aromatic heterocycles. The molecular formula is C12H18N+. The lowest BCUT2D eigenvalue weighted by Crippen LogP contribution is -2.37. The van der Waals surface area contributed by atoms with Crippen molar-refractivity contribution in [2.75, 3.05) is 21.1 Å². The van der Waals surface area contributed by atoms with Gasteiger partial charge in [0.05, 0.1) is 21.1 Å². The largest absolute Gasteiger partial charge is 0.321 e. The van der Waals surface area contributed by atoms with E-state index in [1.165, 1.54) is 5.56 Å². The average molecular weight is 176 g/mol. The summed E-state index contributed by atoms with van der Waals surface area (Å²) in [4.78, 5) is 0. The molecule has 1 atom stereocenters. The molecule has 13 heavy (non-hydrogen) atoms. The third-order valence-electron chi connectivity index (χ3n) is 2.20. The SMILES string of the molecule is C=CC(c1ccccc1)[N+](C)(C)C. The second-order valence-electron chi connectivity index (χ2n) is 4.21. The number of nitrogens with zero attached hydrogens (tertiary/aromatic N) is 1. The molecule has 0 saturated carbocycles. The number of likely N-dealkylation sites (N-methyl/N-ethyl adjacent to an activating group) is 1. The van der Waals surface area contributed by atoms with E-state index in [1.54, 1.807) is 0 Å². The highest BCUT2D eigenvalue weighted by molar-refractivity contribution is 5.20. The van der Waals surface area contributed by atoms with Crippen LogP contribution in [0.1, 0.15) is 11.6 Å². The van der Waals surface area contributed by atoms with Gasteiger partial charge in [0.2, 0.25) is 0 Å². The van der Waals surface area contributed by atoms with Crippen molar-refractivity contribution in [2.24, 2.45) is 0 Å². The topological polar surface area (TPSA) is 0 Å². The number of quaternary nitrogens is 1. The van der Waals surface area contributed by atoms with Crippen molar-refractivity contribution in [1.82, 2.24) is 0 Å². The van der Waals surface area contributed by atoms with Gasteiger partial charge in [-0.25, -0.2) is 0 Å². The first-order valence-corrected chi connectivity index (χ1v) is 4.54. The molecule has 0 heterocycles. The summed E-state index contributed by atoms with van der Waals surface area (Å²) in [5.41, 5.74) is 1.32. The van der Waals surface area contributed by atoms with Crippen LogP contribution in [-0.2, 0) is 0 Å². The standard InChI is InChI=1S/C12H18N/c1-5-12(13(2,3)4)11-9-7-6-8-10-11/h5-10,12H,1H2,2-4H3/q+1. The van der Waals surface area contributed by atoms with Crippen LogP contribution in [0.3, 0.4) is 0 Å². The molecule has 1 aromatic carbocycles. The quantitative estimate of drug-likeness (QED) is 0.490. The maximum absolute atomic E-state index is 3.89. The van der Waals surface area contributed by atoms with E-state index >= 15 is 0 Å². The fourth-order valence-electron chi connectivity index (χ4n) is 1.55. The molecule has 1 rings (SSSR count). The average Bonchev–Trinajstić information content (AvgIpc) is 2.05. The fourth-order valence-corrected chi connectivity index (χ4v) is 1.55. The Kier molecular flexibility index (Phi) is 2.89. The van der Waals surface area contributed by atoms with E-state index in [0.717, 1.165) is 4.48 Å². The molecule has 0 saturated heterocycles. The van der Waals surface area contributed by atoms with Gasteiger partial charge in [0.15, 0.2) is 0 Å².